The number of rotatable bonds is 1. The largest absolute Gasteiger partial charge is 0.444 e. The lowest BCUT2D eigenvalue weighted by molar-refractivity contribution is 0.0218. The van der Waals surface area contributed by atoms with Gasteiger partial charge in [0.1, 0.15) is 10.8 Å². The van der Waals surface area contributed by atoms with Gasteiger partial charge >= 0.3 is 6.09 Å². The van der Waals surface area contributed by atoms with Gasteiger partial charge in [0.2, 0.25) is 5.95 Å². The van der Waals surface area contributed by atoms with E-state index in [9.17, 15) is 4.79 Å². The molecular formula is C15H23ClN4O2. The van der Waals surface area contributed by atoms with Gasteiger partial charge in [-0.15, -0.1) is 0 Å². The van der Waals surface area contributed by atoms with Gasteiger partial charge in [-0.1, -0.05) is 11.6 Å². The molecule has 1 aromatic heterocycles. The van der Waals surface area contributed by atoms with E-state index in [0.29, 0.717) is 30.7 Å². The predicted octanol–water partition coefficient (Wildman–Crippen LogP) is 2.88. The third-order valence-electron chi connectivity index (χ3n) is 3.35. The Balaban J connectivity index is 2.05. The van der Waals surface area contributed by atoms with Crippen molar-refractivity contribution in [3.05, 3.63) is 16.9 Å². The van der Waals surface area contributed by atoms with Gasteiger partial charge in [0.05, 0.1) is 0 Å². The van der Waals surface area contributed by atoms with Crippen molar-refractivity contribution in [1.29, 1.82) is 0 Å². The molecule has 6 nitrogen and oxygen atoms in total. The Morgan fingerprint density at radius 3 is 2.59 bits per heavy atom. The fourth-order valence-electron chi connectivity index (χ4n) is 2.39. The summed E-state index contributed by atoms with van der Waals surface area (Å²) in [6, 6.07) is 1.83. The zero-order valence-electron chi connectivity index (χ0n) is 13.8. The number of halogens is 1. The zero-order valence-corrected chi connectivity index (χ0v) is 14.5. The summed E-state index contributed by atoms with van der Waals surface area (Å²) in [4.78, 5) is 24.7. The Kier molecular flexibility index (Phi) is 4.80. The molecule has 0 spiro atoms. The molecular weight excluding hydrogens is 304 g/mol. The molecule has 1 atom stereocenters. The van der Waals surface area contributed by atoms with Gasteiger partial charge < -0.3 is 14.5 Å². The van der Waals surface area contributed by atoms with E-state index in [-0.39, 0.29) is 12.1 Å². The molecule has 1 aliphatic heterocycles. The molecule has 1 aromatic rings. The first-order chi connectivity index (χ1) is 10.2. The van der Waals surface area contributed by atoms with Crippen molar-refractivity contribution in [2.24, 2.45) is 0 Å². The molecule has 1 fully saturated rings. The van der Waals surface area contributed by atoms with Crippen LogP contribution in [-0.2, 0) is 4.74 Å². The van der Waals surface area contributed by atoms with Crippen molar-refractivity contribution in [3.63, 3.8) is 0 Å². The average Bonchev–Trinajstić information content (AvgIpc) is 2.35. The molecule has 0 N–H and O–H groups in total. The highest BCUT2D eigenvalue weighted by Crippen LogP contribution is 2.20. The molecule has 2 rings (SSSR count). The van der Waals surface area contributed by atoms with E-state index in [1.165, 1.54) is 0 Å². The quantitative estimate of drug-likeness (QED) is 0.743. The number of hydrogen-bond donors (Lipinski definition) is 0. The number of aryl methyl sites for hydroxylation is 1. The minimum Gasteiger partial charge on any atom is -0.444 e. The van der Waals surface area contributed by atoms with E-state index in [0.717, 1.165) is 5.69 Å². The number of piperazine rings is 1. The van der Waals surface area contributed by atoms with Gasteiger partial charge in [-0.2, -0.15) is 0 Å². The fourth-order valence-corrected chi connectivity index (χ4v) is 2.62. The number of carbonyl (C=O) groups excluding carboxylic acids is 1. The molecule has 0 unspecified atom stereocenters. The van der Waals surface area contributed by atoms with E-state index in [4.69, 9.17) is 16.3 Å². The summed E-state index contributed by atoms with van der Waals surface area (Å²) in [7, 11) is 0. The first-order valence-corrected chi connectivity index (χ1v) is 7.79. The smallest absolute Gasteiger partial charge is 0.410 e. The highest BCUT2D eigenvalue weighted by molar-refractivity contribution is 6.29. The van der Waals surface area contributed by atoms with Crippen LogP contribution in [0.5, 0.6) is 0 Å². The number of hydrogen-bond acceptors (Lipinski definition) is 5. The second kappa shape index (κ2) is 6.28. The lowest BCUT2D eigenvalue weighted by atomic mass is 10.2. The number of aromatic nitrogens is 2. The standard InChI is InChI=1S/C15H23ClN4O2/c1-10-8-12(16)18-13(17-10)20-7-6-19(9-11(20)2)14(21)22-15(3,4)5/h8,11H,6-7,9H2,1-5H3/t11-/m0/s1. The first-order valence-electron chi connectivity index (χ1n) is 7.41. The van der Waals surface area contributed by atoms with Crippen LogP contribution in [0.15, 0.2) is 6.07 Å². The van der Waals surface area contributed by atoms with Crippen molar-refractivity contribution < 1.29 is 9.53 Å². The molecule has 22 heavy (non-hydrogen) atoms. The topological polar surface area (TPSA) is 58.6 Å². The van der Waals surface area contributed by atoms with Gasteiger partial charge in [0.15, 0.2) is 0 Å². The Hall–Kier alpha value is -1.56. The maximum Gasteiger partial charge on any atom is 0.410 e. The number of carbonyl (C=O) groups is 1. The first kappa shape index (κ1) is 16.8. The van der Waals surface area contributed by atoms with Gasteiger partial charge in [0, 0.05) is 31.4 Å². The summed E-state index contributed by atoms with van der Waals surface area (Å²) in [6.45, 7) is 11.3. The number of anilines is 1. The molecule has 1 saturated heterocycles. The second-order valence-corrected chi connectivity index (χ2v) is 6.99. The number of ether oxygens (including phenoxy) is 1. The third kappa shape index (κ3) is 4.22. The van der Waals surface area contributed by atoms with Crippen LogP contribution in [0.1, 0.15) is 33.4 Å². The Morgan fingerprint density at radius 1 is 1.36 bits per heavy atom. The van der Waals surface area contributed by atoms with Crippen molar-refractivity contribution in [2.45, 2.75) is 46.3 Å². The van der Waals surface area contributed by atoms with E-state index in [1.807, 2.05) is 34.6 Å². The van der Waals surface area contributed by atoms with Crippen LogP contribution in [0, 0.1) is 6.92 Å². The van der Waals surface area contributed by atoms with Crippen LogP contribution < -0.4 is 4.90 Å². The van der Waals surface area contributed by atoms with Crippen LogP contribution >= 0.6 is 11.6 Å². The summed E-state index contributed by atoms with van der Waals surface area (Å²) in [5.41, 5.74) is 0.349. The second-order valence-electron chi connectivity index (χ2n) is 6.60. The van der Waals surface area contributed by atoms with Gasteiger partial charge in [-0.3, -0.25) is 0 Å². The third-order valence-corrected chi connectivity index (χ3v) is 3.54. The van der Waals surface area contributed by atoms with Crippen molar-refractivity contribution in [2.75, 3.05) is 24.5 Å². The van der Waals surface area contributed by atoms with Crippen molar-refractivity contribution >= 4 is 23.6 Å². The van der Waals surface area contributed by atoms with Crippen LogP contribution in [-0.4, -0.2) is 52.2 Å². The van der Waals surface area contributed by atoms with E-state index < -0.39 is 5.60 Å². The zero-order chi connectivity index (χ0) is 16.5. The molecule has 0 aromatic carbocycles. The van der Waals surface area contributed by atoms with Crippen LogP contribution in [0.4, 0.5) is 10.7 Å². The van der Waals surface area contributed by atoms with Crippen LogP contribution in [0.25, 0.3) is 0 Å². The van der Waals surface area contributed by atoms with Gasteiger partial charge in [0.25, 0.3) is 0 Å². The molecule has 0 radical (unpaired) electrons. The molecule has 0 bridgehead atoms. The fraction of sp³-hybridized carbons (Fsp3) is 0.667. The molecule has 7 heteroatoms. The van der Waals surface area contributed by atoms with Crippen LogP contribution in [0.2, 0.25) is 5.15 Å². The minimum atomic E-state index is -0.482. The van der Waals surface area contributed by atoms with E-state index in [2.05, 4.69) is 14.9 Å². The minimum absolute atomic E-state index is 0.0964. The maximum absolute atomic E-state index is 12.1. The normalized spacial score (nSPS) is 19.3. The Morgan fingerprint density at radius 2 is 2.05 bits per heavy atom. The summed E-state index contributed by atoms with van der Waals surface area (Å²) in [6.07, 6.45) is -0.276. The van der Waals surface area contributed by atoms with Gasteiger partial charge in [-0.25, -0.2) is 14.8 Å². The maximum atomic E-state index is 12.1. The SMILES string of the molecule is Cc1cc(Cl)nc(N2CCN(C(=O)OC(C)(C)C)C[C@@H]2C)n1. The lowest BCUT2D eigenvalue weighted by Gasteiger charge is -2.40. The van der Waals surface area contributed by atoms with E-state index in [1.54, 1.807) is 11.0 Å². The van der Waals surface area contributed by atoms with E-state index >= 15 is 0 Å². The summed E-state index contributed by atoms with van der Waals surface area (Å²) < 4.78 is 5.42. The molecule has 1 aliphatic rings. The highest BCUT2D eigenvalue weighted by Gasteiger charge is 2.31. The number of nitrogens with zero attached hydrogens (tertiary/aromatic N) is 4. The Bertz CT molecular complexity index is 539. The average molecular weight is 327 g/mol. The van der Waals surface area contributed by atoms with Crippen LogP contribution in [0.3, 0.4) is 0 Å². The predicted molar refractivity (Wildman–Crippen MR) is 86.4 cm³/mol. The Labute approximate surface area is 136 Å². The van der Waals surface area contributed by atoms with Crippen molar-refractivity contribution in [1.82, 2.24) is 14.9 Å². The molecule has 0 saturated carbocycles. The van der Waals surface area contributed by atoms with Gasteiger partial charge in [-0.05, 0) is 40.7 Å². The van der Waals surface area contributed by atoms with Crippen molar-refractivity contribution in [3.8, 4) is 0 Å². The molecule has 0 aliphatic carbocycles. The summed E-state index contributed by atoms with van der Waals surface area (Å²) >= 11 is 6.01. The number of amides is 1. The molecule has 122 valence electrons. The molecule has 2 heterocycles. The highest BCUT2D eigenvalue weighted by atomic mass is 35.5. The monoisotopic (exact) mass is 326 g/mol. The summed E-state index contributed by atoms with van der Waals surface area (Å²) in [5, 5.41) is 0.435. The summed E-state index contributed by atoms with van der Waals surface area (Å²) in [5.74, 6) is 0.612. The molecule has 1 amide bonds. The lowest BCUT2D eigenvalue weighted by Crippen LogP contribution is -2.55.